The smallest absolute Gasteiger partial charge is 0.242 e. The molecule has 0 aliphatic carbocycles. The van der Waals surface area contributed by atoms with Crippen LogP contribution in [0.15, 0.2) is 54.6 Å². The summed E-state index contributed by atoms with van der Waals surface area (Å²) in [5.74, 6) is -0.0702. The number of rotatable bonds is 9. The van der Waals surface area contributed by atoms with Crippen molar-refractivity contribution >= 4 is 11.8 Å². The fraction of sp³-hybridized carbons (Fsp3) is 0.391. The Morgan fingerprint density at radius 2 is 1.70 bits per heavy atom. The maximum absolute atomic E-state index is 13.1. The Bertz CT molecular complexity index is 743. The Labute approximate surface area is 162 Å². The van der Waals surface area contributed by atoms with Crippen LogP contribution in [0, 0.1) is 6.92 Å². The second kappa shape index (κ2) is 10.5. The van der Waals surface area contributed by atoms with E-state index in [9.17, 15) is 9.59 Å². The number of amides is 2. The van der Waals surface area contributed by atoms with Crippen molar-refractivity contribution in [2.24, 2.45) is 0 Å². The zero-order chi connectivity index (χ0) is 19.6. The van der Waals surface area contributed by atoms with E-state index in [1.54, 1.807) is 4.90 Å². The van der Waals surface area contributed by atoms with Gasteiger partial charge in [0.15, 0.2) is 0 Å². The summed E-state index contributed by atoms with van der Waals surface area (Å²) in [7, 11) is 0. The molecule has 2 amide bonds. The molecule has 4 heteroatoms. The van der Waals surface area contributed by atoms with E-state index in [4.69, 9.17) is 0 Å². The van der Waals surface area contributed by atoms with Crippen molar-refractivity contribution in [3.63, 3.8) is 0 Å². The first kappa shape index (κ1) is 20.7. The monoisotopic (exact) mass is 366 g/mol. The van der Waals surface area contributed by atoms with E-state index in [0.717, 1.165) is 16.7 Å². The zero-order valence-electron chi connectivity index (χ0n) is 16.6. The molecule has 0 heterocycles. The average molecular weight is 367 g/mol. The fourth-order valence-electron chi connectivity index (χ4n) is 3.26. The SMILES string of the molecule is CCNC(=O)C(CC)N(Cc1cccc(C)c1)C(=O)CCc1ccccc1. The lowest BCUT2D eigenvalue weighted by Crippen LogP contribution is -2.49. The normalized spacial score (nSPS) is 11.7. The van der Waals surface area contributed by atoms with E-state index in [-0.39, 0.29) is 11.8 Å². The molecule has 0 saturated heterocycles. The van der Waals surface area contributed by atoms with Gasteiger partial charge in [-0.2, -0.15) is 0 Å². The molecule has 2 rings (SSSR count). The quantitative estimate of drug-likeness (QED) is 0.732. The van der Waals surface area contributed by atoms with Crippen molar-refractivity contribution in [1.82, 2.24) is 10.2 Å². The van der Waals surface area contributed by atoms with Crippen LogP contribution in [0.3, 0.4) is 0 Å². The van der Waals surface area contributed by atoms with Crippen LogP contribution in [-0.4, -0.2) is 29.3 Å². The number of nitrogens with zero attached hydrogens (tertiary/aromatic N) is 1. The molecule has 0 bridgehead atoms. The number of likely N-dealkylation sites (N-methyl/N-ethyl adjacent to an activating group) is 1. The van der Waals surface area contributed by atoms with Crippen molar-refractivity contribution in [2.45, 2.75) is 52.6 Å². The van der Waals surface area contributed by atoms with Crippen LogP contribution in [0.1, 0.15) is 43.4 Å². The first-order chi connectivity index (χ1) is 13.0. The first-order valence-electron chi connectivity index (χ1n) is 9.71. The third-order valence-electron chi connectivity index (χ3n) is 4.64. The van der Waals surface area contributed by atoms with Crippen LogP contribution in [-0.2, 0) is 22.6 Å². The van der Waals surface area contributed by atoms with Gasteiger partial charge in [0.25, 0.3) is 0 Å². The van der Waals surface area contributed by atoms with Crippen molar-refractivity contribution in [1.29, 1.82) is 0 Å². The summed E-state index contributed by atoms with van der Waals surface area (Å²) >= 11 is 0. The molecule has 144 valence electrons. The maximum Gasteiger partial charge on any atom is 0.242 e. The van der Waals surface area contributed by atoms with E-state index in [1.807, 2.05) is 69.3 Å². The molecule has 0 aliphatic rings. The van der Waals surface area contributed by atoms with E-state index >= 15 is 0 Å². The van der Waals surface area contributed by atoms with Gasteiger partial charge in [-0.05, 0) is 37.8 Å². The third-order valence-corrected chi connectivity index (χ3v) is 4.64. The zero-order valence-corrected chi connectivity index (χ0v) is 16.6. The highest BCUT2D eigenvalue weighted by Gasteiger charge is 2.28. The lowest BCUT2D eigenvalue weighted by Gasteiger charge is -2.30. The van der Waals surface area contributed by atoms with Gasteiger partial charge in [-0.15, -0.1) is 0 Å². The molecule has 0 spiro atoms. The summed E-state index contributed by atoms with van der Waals surface area (Å²) in [4.78, 5) is 27.3. The van der Waals surface area contributed by atoms with Gasteiger partial charge in [0.1, 0.15) is 6.04 Å². The summed E-state index contributed by atoms with van der Waals surface area (Å²) in [5, 5.41) is 2.87. The minimum absolute atomic E-state index is 0.0125. The molecule has 0 aliphatic heterocycles. The molecular formula is C23H30N2O2. The minimum atomic E-state index is -0.450. The van der Waals surface area contributed by atoms with E-state index in [0.29, 0.717) is 32.4 Å². The molecular weight excluding hydrogens is 336 g/mol. The number of carbonyl (C=O) groups is 2. The standard InChI is InChI=1S/C23H30N2O2/c1-4-21(23(27)24-5-2)25(17-20-13-9-10-18(3)16-20)22(26)15-14-19-11-7-6-8-12-19/h6-13,16,21H,4-5,14-15,17H2,1-3H3,(H,24,27). The summed E-state index contributed by atoms with van der Waals surface area (Å²) in [6.45, 7) is 6.89. The van der Waals surface area contributed by atoms with Gasteiger partial charge in [-0.3, -0.25) is 9.59 Å². The Balaban J connectivity index is 2.18. The summed E-state index contributed by atoms with van der Waals surface area (Å²) < 4.78 is 0. The molecule has 0 aromatic heterocycles. The fourth-order valence-corrected chi connectivity index (χ4v) is 3.26. The van der Waals surface area contributed by atoms with Crippen LogP contribution in [0.4, 0.5) is 0 Å². The minimum Gasteiger partial charge on any atom is -0.355 e. The van der Waals surface area contributed by atoms with Gasteiger partial charge in [0, 0.05) is 19.5 Å². The van der Waals surface area contributed by atoms with Crippen molar-refractivity contribution in [3.8, 4) is 0 Å². The highest BCUT2D eigenvalue weighted by atomic mass is 16.2. The number of benzene rings is 2. The van der Waals surface area contributed by atoms with E-state index < -0.39 is 6.04 Å². The summed E-state index contributed by atoms with van der Waals surface area (Å²) in [6, 6.07) is 17.6. The second-order valence-corrected chi connectivity index (χ2v) is 6.81. The highest BCUT2D eigenvalue weighted by molar-refractivity contribution is 5.87. The van der Waals surface area contributed by atoms with Gasteiger partial charge in [-0.1, -0.05) is 67.1 Å². The van der Waals surface area contributed by atoms with Crippen LogP contribution in [0.5, 0.6) is 0 Å². The molecule has 2 aromatic rings. The van der Waals surface area contributed by atoms with Crippen LogP contribution >= 0.6 is 0 Å². The summed E-state index contributed by atoms with van der Waals surface area (Å²) in [5.41, 5.74) is 3.33. The highest BCUT2D eigenvalue weighted by Crippen LogP contribution is 2.16. The van der Waals surface area contributed by atoms with Gasteiger partial charge >= 0.3 is 0 Å². The third kappa shape index (κ3) is 6.24. The number of hydrogen-bond donors (Lipinski definition) is 1. The molecule has 0 fully saturated rings. The second-order valence-electron chi connectivity index (χ2n) is 6.81. The summed E-state index contributed by atoms with van der Waals surface area (Å²) in [6.07, 6.45) is 1.66. The first-order valence-corrected chi connectivity index (χ1v) is 9.71. The predicted molar refractivity (Wildman–Crippen MR) is 109 cm³/mol. The Morgan fingerprint density at radius 3 is 2.33 bits per heavy atom. The Kier molecular flexibility index (Phi) is 8.05. The molecule has 1 N–H and O–H groups in total. The van der Waals surface area contributed by atoms with Gasteiger partial charge in [0.05, 0.1) is 0 Å². The molecule has 2 aromatic carbocycles. The average Bonchev–Trinajstić information content (AvgIpc) is 2.67. The van der Waals surface area contributed by atoms with Crippen molar-refractivity contribution in [3.05, 3.63) is 71.3 Å². The molecule has 1 atom stereocenters. The lowest BCUT2D eigenvalue weighted by molar-refractivity contribution is -0.141. The largest absolute Gasteiger partial charge is 0.355 e. The van der Waals surface area contributed by atoms with E-state index in [1.165, 1.54) is 0 Å². The van der Waals surface area contributed by atoms with Gasteiger partial charge in [-0.25, -0.2) is 0 Å². The maximum atomic E-state index is 13.1. The van der Waals surface area contributed by atoms with Crippen molar-refractivity contribution < 1.29 is 9.59 Å². The van der Waals surface area contributed by atoms with Gasteiger partial charge in [0.2, 0.25) is 11.8 Å². The molecule has 1 unspecified atom stereocenters. The van der Waals surface area contributed by atoms with Crippen molar-refractivity contribution in [2.75, 3.05) is 6.54 Å². The number of carbonyl (C=O) groups excluding carboxylic acids is 2. The van der Waals surface area contributed by atoms with Crippen LogP contribution in [0.2, 0.25) is 0 Å². The molecule has 0 radical (unpaired) electrons. The molecule has 0 saturated carbocycles. The number of aryl methyl sites for hydroxylation is 2. The van der Waals surface area contributed by atoms with Gasteiger partial charge < -0.3 is 10.2 Å². The Morgan fingerprint density at radius 1 is 1.00 bits per heavy atom. The lowest BCUT2D eigenvalue weighted by atomic mass is 10.1. The topological polar surface area (TPSA) is 49.4 Å². The number of hydrogen-bond acceptors (Lipinski definition) is 2. The van der Waals surface area contributed by atoms with Crippen LogP contribution < -0.4 is 5.32 Å². The van der Waals surface area contributed by atoms with Crippen LogP contribution in [0.25, 0.3) is 0 Å². The predicted octanol–water partition coefficient (Wildman–Crippen LogP) is 3.87. The molecule has 27 heavy (non-hydrogen) atoms. The molecule has 4 nitrogen and oxygen atoms in total. The Hall–Kier alpha value is -2.62. The van der Waals surface area contributed by atoms with E-state index in [2.05, 4.69) is 11.4 Å². The number of nitrogens with one attached hydrogen (secondary N) is 1.